The number of aliphatic hydroxyl groups is 1. The van der Waals surface area contributed by atoms with Gasteiger partial charge in [-0.1, -0.05) is 77.9 Å². The van der Waals surface area contributed by atoms with Crippen molar-refractivity contribution in [2.24, 2.45) is 5.73 Å². The highest BCUT2D eigenvalue weighted by Gasteiger charge is 2.16. The maximum Gasteiger partial charge on any atom is 0.344 e. The van der Waals surface area contributed by atoms with Gasteiger partial charge in [-0.05, 0) is 223 Å². The summed E-state index contributed by atoms with van der Waals surface area (Å²) in [6.45, 7) is 24.7. The lowest BCUT2D eigenvalue weighted by Crippen LogP contribution is -2.19. The van der Waals surface area contributed by atoms with Gasteiger partial charge in [0.05, 0.1) is 0 Å². The van der Waals surface area contributed by atoms with Gasteiger partial charge < -0.3 is 50.2 Å². The summed E-state index contributed by atoms with van der Waals surface area (Å²) in [6, 6.07) is 28.9. The fourth-order valence-electron chi connectivity index (χ4n) is 9.10. The van der Waals surface area contributed by atoms with Crippen molar-refractivity contribution in [3.05, 3.63) is 174 Å². The van der Waals surface area contributed by atoms with E-state index < -0.39 is 11.9 Å². The summed E-state index contributed by atoms with van der Waals surface area (Å²) in [4.78, 5) is 33.9. The summed E-state index contributed by atoms with van der Waals surface area (Å²) in [5, 5.41) is 47.5. The molecule has 0 radical (unpaired) electrons. The summed E-state index contributed by atoms with van der Waals surface area (Å²) in [5.74, 6) is 2.31. The van der Waals surface area contributed by atoms with Crippen LogP contribution in [0.1, 0.15) is 156 Å². The number of Topliss-reactive ketones (excluding diaryl/α,β-unsaturated/α-hetero) is 1. The molecule has 6 aromatic carbocycles. The number of aromatic hydroxyl groups is 3. The van der Waals surface area contributed by atoms with Gasteiger partial charge >= 0.3 is 11.9 Å². The Balaban J connectivity index is 0.000000253. The molecule has 0 atom stereocenters. The molecule has 0 spiro atoms. The number of carboxylic acid groups (broad SMARTS) is 1. The number of hydrogen-bond acceptors (Lipinski definition) is 12. The van der Waals surface area contributed by atoms with Crippen molar-refractivity contribution in [2.75, 3.05) is 39.6 Å². The number of aryl methyl sites for hydroxylation is 6. The van der Waals surface area contributed by atoms with Crippen LogP contribution < -0.4 is 19.9 Å². The zero-order valence-electron chi connectivity index (χ0n) is 47.8. The minimum Gasteiger partial charge on any atom is -0.508 e. The lowest BCUT2D eigenvalue weighted by Gasteiger charge is -2.15. The third-order valence-corrected chi connectivity index (χ3v) is 13.4. The number of phenols is 3. The minimum absolute atomic E-state index is 0.00580. The highest BCUT2D eigenvalue weighted by molar-refractivity contribution is 5.80. The number of carboxylic acids is 1. The van der Waals surface area contributed by atoms with Gasteiger partial charge in [0.15, 0.2) is 19.0 Å². The van der Waals surface area contributed by atoms with Gasteiger partial charge in [-0.25, -0.2) is 9.59 Å². The van der Waals surface area contributed by atoms with Crippen LogP contribution in [-0.4, -0.2) is 82.8 Å². The Morgan fingerprint density at radius 3 is 1.10 bits per heavy atom. The average Bonchev–Trinajstić information content (AvgIpc) is 3.39. The zero-order valence-corrected chi connectivity index (χ0v) is 47.8. The molecule has 0 bridgehead atoms. The zero-order chi connectivity index (χ0) is 57.8. The van der Waals surface area contributed by atoms with Gasteiger partial charge in [0.2, 0.25) is 0 Å². The van der Waals surface area contributed by atoms with E-state index >= 15 is 0 Å². The van der Waals surface area contributed by atoms with Crippen molar-refractivity contribution >= 4 is 17.7 Å². The van der Waals surface area contributed by atoms with E-state index in [0.717, 1.165) is 86.0 Å². The third kappa shape index (κ3) is 19.6. The van der Waals surface area contributed by atoms with Crippen molar-refractivity contribution in [3.8, 4) is 34.5 Å². The first kappa shape index (κ1) is 63.2. The van der Waals surface area contributed by atoms with E-state index in [1.807, 2.05) is 102 Å². The van der Waals surface area contributed by atoms with Crippen LogP contribution >= 0.6 is 0 Å². The van der Waals surface area contributed by atoms with Crippen LogP contribution in [-0.2, 0) is 38.4 Å². The Bertz CT molecular complexity index is 2770. The molecule has 420 valence electrons. The first-order valence-electron chi connectivity index (χ1n) is 26.7. The molecule has 78 heavy (non-hydrogen) atoms. The van der Waals surface area contributed by atoms with E-state index in [-0.39, 0.29) is 56.6 Å². The van der Waals surface area contributed by atoms with Crippen LogP contribution in [0.4, 0.5) is 0 Å². The Morgan fingerprint density at radius 2 is 0.808 bits per heavy atom. The Kier molecular flexibility index (Phi) is 24.8. The Morgan fingerprint density at radius 1 is 0.487 bits per heavy atom. The van der Waals surface area contributed by atoms with Crippen molar-refractivity contribution in [1.29, 1.82) is 0 Å². The predicted octanol–water partition coefficient (Wildman–Crippen LogP) is 12.2. The van der Waals surface area contributed by atoms with Crippen molar-refractivity contribution in [1.82, 2.24) is 0 Å². The number of rotatable bonds is 23. The molecule has 0 fully saturated rings. The fourth-order valence-corrected chi connectivity index (χ4v) is 9.10. The number of nitrogens with two attached hydrogens (primary N) is 1. The topological polar surface area (TPSA) is 215 Å². The summed E-state index contributed by atoms with van der Waals surface area (Å²) in [5.41, 5.74) is 21.8. The number of phenolic OH excluding ortho intramolecular Hbond substituents is 3. The molecule has 13 heteroatoms. The smallest absolute Gasteiger partial charge is 0.344 e. The number of esters is 1. The molecule has 0 heterocycles. The summed E-state index contributed by atoms with van der Waals surface area (Å²) < 4.78 is 21.4. The molecule has 13 nitrogen and oxygen atoms in total. The second-order valence-corrected chi connectivity index (χ2v) is 20.9. The monoisotopic (exact) mass is 1070 g/mol. The molecule has 0 unspecified atom stereocenters. The number of ether oxygens (including phenoxy) is 4. The van der Waals surface area contributed by atoms with Gasteiger partial charge in [0.25, 0.3) is 0 Å². The molecule has 0 aromatic heterocycles. The molecule has 0 saturated carbocycles. The van der Waals surface area contributed by atoms with Crippen LogP contribution in [0.3, 0.4) is 0 Å². The fraction of sp³-hybridized carbons (Fsp3) is 0.400. The van der Waals surface area contributed by atoms with E-state index in [1.165, 1.54) is 16.7 Å². The number of aliphatic hydroxyl groups excluding tert-OH is 1. The Hall–Kier alpha value is -7.35. The Labute approximate surface area is 462 Å². The molecular weight excluding hydrogens is 987 g/mol. The van der Waals surface area contributed by atoms with Crippen molar-refractivity contribution < 1.29 is 58.9 Å². The van der Waals surface area contributed by atoms with Gasteiger partial charge in [-0.15, -0.1) is 0 Å². The van der Waals surface area contributed by atoms with Crippen LogP contribution in [0.5, 0.6) is 34.5 Å². The minimum atomic E-state index is -0.986. The molecule has 0 saturated heterocycles. The molecule has 6 aromatic rings. The van der Waals surface area contributed by atoms with Gasteiger partial charge in [0.1, 0.15) is 47.7 Å². The first-order chi connectivity index (χ1) is 36.9. The van der Waals surface area contributed by atoms with Crippen molar-refractivity contribution in [2.45, 2.75) is 133 Å². The number of carbonyl (C=O) groups is 3. The van der Waals surface area contributed by atoms with Crippen LogP contribution in [0.2, 0.25) is 0 Å². The third-order valence-electron chi connectivity index (χ3n) is 13.4. The first-order valence-corrected chi connectivity index (χ1v) is 26.7. The number of aliphatic carboxylic acids is 1. The van der Waals surface area contributed by atoms with Crippen LogP contribution in [0.15, 0.2) is 91.0 Å². The summed E-state index contributed by atoms with van der Waals surface area (Å²) in [6.07, 6.45) is 3.14. The lowest BCUT2D eigenvalue weighted by atomic mass is 9.93. The second kappa shape index (κ2) is 30.6. The SMILES string of the molecule is Cc1cc(OCC(=O)CCCO)cc(C)c1Cc1ccc(O)c(C(C)C)c1.Cc1cc(OCC(=O)O)cc(C)c1Cc1ccc(O)c(C(C)C)c1.Cc1cc(OCC(=O)OCCN)cc(C)c1Cc1ccc(O)c(C(C)C)c1. The lowest BCUT2D eigenvalue weighted by molar-refractivity contribution is -0.145. The average molecular weight is 1070 g/mol. The largest absolute Gasteiger partial charge is 0.508 e. The maximum atomic E-state index is 11.7. The predicted molar refractivity (Wildman–Crippen MR) is 308 cm³/mol. The highest BCUT2D eigenvalue weighted by atomic mass is 16.6. The van der Waals surface area contributed by atoms with Gasteiger partial charge in [-0.2, -0.15) is 0 Å². The summed E-state index contributed by atoms with van der Waals surface area (Å²) >= 11 is 0. The molecule has 6 rings (SSSR count). The number of carbonyl (C=O) groups excluding carboxylic acids is 2. The standard InChI is InChI=1S/C23H30O4.C22H29NO4.C20H24O4/c1-15(2)21-12-18(7-8-23(21)26)13-22-16(3)10-20(11-17(22)4)27-14-19(25)6-5-9-24;1-14(2)19-11-17(5-6-21(19)24)12-20-15(3)9-18(10-16(20)4)27-13-22(25)26-8-7-23;1-12(2)17-9-15(5-6-19(17)21)10-18-13(3)7-16(8-14(18)4)24-11-20(22)23/h7-8,10-12,15,24,26H,5-6,9,13-14H2,1-4H3;5-6,9-11,14,24H,7-8,12-13,23H2,1-4H3;5-9,12,21H,10-11H2,1-4H3,(H,22,23). The molecule has 0 aliphatic heterocycles. The van der Waals surface area contributed by atoms with Crippen LogP contribution in [0.25, 0.3) is 0 Å². The second-order valence-electron chi connectivity index (χ2n) is 20.9. The molecule has 0 amide bonds. The normalized spacial score (nSPS) is 10.9. The molecule has 0 aliphatic rings. The number of ketones is 1. The molecule has 0 aliphatic carbocycles. The van der Waals surface area contributed by atoms with Crippen molar-refractivity contribution in [3.63, 3.8) is 0 Å². The highest BCUT2D eigenvalue weighted by Crippen LogP contribution is 2.33. The van der Waals surface area contributed by atoms with E-state index in [4.69, 9.17) is 34.9 Å². The molecule has 7 N–H and O–H groups in total. The van der Waals surface area contributed by atoms with Crippen LogP contribution in [0, 0.1) is 41.5 Å². The number of hydrogen-bond donors (Lipinski definition) is 6. The summed E-state index contributed by atoms with van der Waals surface area (Å²) in [7, 11) is 0. The van der Waals surface area contributed by atoms with E-state index in [2.05, 4.69) is 53.7 Å². The van der Waals surface area contributed by atoms with Gasteiger partial charge in [0, 0.05) is 19.6 Å². The van der Waals surface area contributed by atoms with E-state index in [9.17, 15) is 29.7 Å². The van der Waals surface area contributed by atoms with E-state index in [1.54, 1.807) is 18.2 Å². The molecular formula is C65H83NO12. The number of benzene rings is 6. The van der Waals surface area contributed by atoms with E-state index in [0.29, 0.717) is 53.9 Å². The quantitative estimate of drug-likeness (QED) is 0.0330. The van der Waals surface area contributed by atoms with Gasteiger partial charge in [-0.3, -0.25) is 4.79 Å². The maximum absolute atomic E-state index is 11.7.